The molecule has 0 amide bonds. The van der Waals surface area contributed by atoms with Crippen molar-refractivity contribution in [3.63, 3.8) is 0 Å². The van der Waals surface area contributed by atoms with Gasteiger partial charge in [0, 0.05) is 5.69 Å². The number of carbonyl (C=O) groups is 2. The summed E-state index contributed by atoms with van der Waals surface area (Å²) in [6.07, 6.45) is 2.39. The Kier molecular flexibility index (Phi) is 10.1. The molecule has 0 aliphatic carbocycles. The third kappa shape index (κ3) is 8.01. The molecule has 0 saturated carbocycles. The van der Waals surface area contributed by atoms with Crippen LogP contribution in [-0.4, -0.2) is 36.2 Å². The maximum atomic E-state index is 10.8. The molecule has 1 atom stereocenters. The lowest BCUT2D eigenvalue weighted by Crippen LogP contribution is -2.26. The topological polar surface area (TPSA) is 102 Å². The molecule has 0 unspecified atom stereocenters. The van der Waals surface area contributed by atoms with Crippen LogP contribution in [0.2, 0.25) is 0 Å². The highest BCUT2D eigenvalue weighted by atomic mass is 16.5. The van der Waals surface area contributed by atoms with E-state index in [1.165, 1.54) is 6.08 Å². The van der Waals surface area contributed by atoms with Gasteiger partial charge in [-0.1, -0.05) is 37.8 Å². The molecule has 1 aromatic carbocycles. The molecule has 1 rings (SSSR count). The fourth-order valence-corrected chi connectivity index (χ4v) is 1.72. The smallest absolute Gasteiger partial charge is 0.325 e. The first kappa shape index (κ1) is 20.7. The number of hydrogen-bond donors (Lipinski definition) is 3. The van der Waals surface area contributed by atoms with Gasteiger partial charge in [0.25, 0.3) is 0 Å². The largest absolute Gasteiger partial charge is 0.480 e. The molecule has 0 bridgehead atoms. The number of nitrogens with one attached hydrogen (secondary N) is 1. The zero-order chi connectivity index (χ0) is 17.8. The van der Waals surface area contributed by atoms with Crippen LogP contribution in [0, 0.1) is 6.92 Å². The van der Waals surface area contributed by atoms with Crippen molar-refractivity contribution in [1.82, 2.24) is 0 Å². The number of aryl methyl sites for hydroxylation is 2. The highest BCUT2D eigenvalue weighted by Gasteiger charge is 2.13. The van der Waals surface area contributed by atoms with Gasteiger partial charge in [0.15, 0.2) is 0 Å². The van der Waals surface area contributed by atoms with E-state index >= 15 is 0 Å². The molecule has 6 heteroatoms. The Labute approximate surface area is 137 Å². The molecule has 23 heavy (non-hydrogen) atoms. The molecule has 128 valence electrons. The fraction of sp³-hybridized carbons (Fsp3) is 0.412. The van der Waals surface area contributed by atoms with Crippen molar-refractivity contribution < 1.29 is 19.4 Å². The number of carboxylic acid groups (broad SMARTS) is 1. The number of ether oxygens (including phenoxy) is 1. The van der Waals surface area contributed by atoms with Gasteiger partial charge in [0.1, 0.15) is 12.6 Å². The minimum absolute atomic E-state index is 0.0617. The van der Waals surface area contributed by atoms with Gasteiger partial charge in [-0.2, -0.15) is 0 Å². The third-order valence-corrected chi connectivity index (χ3v) is 3.00. The van der Waals surface area contributed by atoms with Crippen molar-refractivity contribution >= 4 is 17.6 Å². The monoisotopic (exact) mass is 322 g/mol. The summed E-state index contributed by atoms with van der Waals surface area (Å²) in [6, 6.07) is 5.43. The van der Waals surface area contributed by atoms with Crippen LogP contribution in [0.15, 0.2) is 30.9 Å². The lowest BCUT2D eigenvalue weighted by atomic mass is 10.1. The van der Waals surface area contributed by atoms with E-state index in [1.54, 1.807) is 6.92 Å². The number of carbonyl (C=O) groups excluding carboxylic acids is 1. The number of para-hydroxylation sites is 1. The Bertz CT molecular complexity index is 529. The van der Waals surface area contributed by atoms with Gasteiger partial charge in [0.05, 0.1) is 6.54 Å². The van der Waals surface area contributed by atoms with E-state index in [0.717, 1.165) is 23.2 Å². The predicted molar refractivity (Wildman–Crippen MR) is 91.5 cm³/mol. The second kappa shape index (κ2) is 11.3. The Morgan fingerprint density at radius 1 is 1.48 bits per heavy atom. The van der Waals surface area contributed by atoms with E-state index in [4.69, 9.17) is 10.8 Å². The molecule has 6 nitrogen and oxygen atoms in total. The number of hydrogen-bond acceptors (Lipinski definition) is 5. The maximum Gasteiger partial charge on any atom is 0.325 e. The first-order chi connectivity index (χ1) is 10.9. The standard InChI is InChI=1S/C12H17NO2.C5H9NO2/c1-4-10-7-5-6-8(2)11(10)13-9(3)12(14)15;1-2-3-8-5(7)4-6/h5-7,9,13H,4H2,1-3H3,(H,14,15);2H,1,3-4,6H2/t9-;/m0./s1. The van der Waals surface area contributed by atoms with E-state index in [-0.39, 0.29) is 13.2 Å². The average molecular weight is 322 g/mol. The Balaban J connectivity index is 0.000000515. The molecule has 0 aliphatic heterocycles. The van der Waals surface area contributed by atoms with Crippen molar-refractivity contribution in [1.29, 1.82) is 0 Å². The quantitative estimate of drug-likeness (QED) is 0.525. The number of benzene rings is 1. The van der Waals surface area contributed by atoms with Crippen molar-refractivity contribution in [2.75, 3.05) is 18.5 Å². The second-order valence-electron chi connectivity index (χ2n) is 4.84. The molecule has 0 aliphatic rings. The van der Waals surface area contributed by atoms with E-state index in [9.17, 15) is 9.59 Å². The number of aliphatic carboxylic acids is 1. The molecule has 0 spiro atoms. The van der Waals surface area contributed by atoms with E-state index in [2.05, 4.69) is 23.6 Å². The van der Waals surface area contributed by atoms with Gasteiger partial charge < -0.3 is 20.9 Å². The molecular formula is C17H26N2O4. The van der Waals surface area contributed by atoms with Crippen LogP contribution in [0.1, 0.15) is 25.0 Å². The fourth-order valence-electron chi connectivity index (χ4n) is 1.72. The predicted octanol–water partition coefficient (Wildman–Crippen LogP) is 2.12. The third-order valence-electron chi connectivity index (χ3n) is 3.00. The van der Waals surface area contributed by atoms with Gasteiger partial charge in [-0.25, -0.2) is 0 Å². The maximum absolute atomic E-state index is 10.8. The first-order valence-corrected chi connectivity index (χ1v) is 7.41. The summed E-state index contributed by atoms with van der Waals surface area (Å²) in [6.45, 7) is 9.22. The molecule has 0 heterocycles. The number of esters is 1. The number of anilines is 1. The number of nitrogens with two attached hydrogens (primary N) is 1. The summed E-state index contributed by atoms with van der Waals surface area (Å²) in [4.78, 5) is 20.9. The van der Waals surface area contributed by atoms with Crippen LogP contribution < -0.4 is 11.1 Å². The second-order valence-corrected chi connectivity index (χ2v) is 4.84. The molecule has 0 saturated heterocycles. The molecule has 0 fully saturated rings. The zero-order valence-corrected chi connectivity index (χ0v) is 14.0. The van der Waals surface area contributed by atoms with E-state index < -0.39 is 18.0 Å². The van der Waals surface area contributed by atoms with Gasteiger partial charge in [-0.3, -0.25) is 9.59 Å². The van der Waals surface area contributed by atoms with Crippen molar-refractivity contribution in [2.45, 2.75) is 33.2 Å². The Hall–Kier alpha value is -2.34. The van der Waals surface area contributed by atoms with Gasteiger partial charge >= 0.3 is 11.9 Å². The summed E-state index contributed by atoms with van der Waals surface area (Å²) in [7, 11) is 0. The highest BCUT2D eigenvalue weighted by Crippen LogP contribution is 2.21. The normalized spacial score (nSPS) is 10.8. The molecule has 0 aromatic heterocycles. The molecule has 1 aromatic rings. The van der Waals surface area contributed by atoms with Crippen LogP contribution in [-0.2, 0) is 20.7 Å². The number of rotatable bonds is 7. The summed E-state index contributed by atoms with van der Waals surface area (Å²) >= 11 is 0. The lowest BCUT2D eigenvalue weighted by molar-refractivity contribution is -0.140. The summed E-state index contributed by atoms with van der Waals surface area (Å²) in [5, 5.41) is 11.9. The first-order valence-electron chi connectivity index (χ1n) is 7.41. The number of carboxylic acids is 1. The lowest BCUT2D eigenvalue weighted by Gasteiger charge is -2.16. The molecular weight excluding hydrogens is 296 g/mol. The highest BCUT2D eigenvalue weighted by molar-refractivity contribution is 5.77. The Morgan fingerprint density at radius 3 is 2.61 bits per heavy atom. The van der Waals surface area contributed by atoms with Crippen molar-refractivity contribution in [3.8, 4) is 0 Å². The van der Waals surface area contributed by atoms with Crippen LogP contribution in [0.5, 0.6) is 0 Å². The zero-order valence-electron chi connectivity index (χ0n) is 14.0. The summed E-state index contributed by atoms with van der Waals surface area (Å²) in [5.74, 6) is -1.23. The van der Waals surface area contributed by atoms with Crippen LogP contribution in [0.4, 0.5) is 5.69 Å². The molecule has 0 radical (unpaired) electrons. The van der Waals surface area contributed by atoms with Crippen LogP contribution >= 0.6 is 0 Å². The summed E-state index contributed by atoms with van der Waals surface area (Å²) < 4.78 is 4.46. The van der Waals surface area contributed by atoms with Crippen LogP contribution in [0.3, 0.4) is 0 Å². The SMILES string of the molecule is C=CCOC(=O)CN.CCc1cccc(C)c1N[C@@H](C)C(=O)O. The summed E-state index contributed by atoms with van der Waals surface area (Å²) in [5.41, 5.74) is 8.10. The van der Waals surface area contributed by atoms with Gasteiger partial charge in [0.2, 0.25) is 0 Å². The Morgan fingerprint density at radius 2 is 2.13 bits per heavy atom. The minimum atomic E-state index is -0.833. The van der Waals surface area contributed by atoms with Crippen molar-refractivity contribution in [3.05, 3.63) is 42.0 Å². The van der Waals surface area contributed by atoms with Gasteiger partial charge in [-0.05, 0) is 31.4 Å². The van der Waals surface area contributed by atoms with Gasteiger partial charge in [-0.15, -0.1) is 0 Å². The van der Waals surface area contributed by atoms with Crippen molar-refractivity contribution in [2.24, 2.45) is 5.73 Å². The average Bonchev–Trinajstić information content (AvgIpc) is 2.54. The van der Waals surface area contributed by atoms with E-state index in [0.29, 0.717) is 0 Å². The van der Waals surface area contributed by atoms with Crippen LogP contribution in [0.25, 0.3) is 0 Å². The molecule has 4 N–H and O–H groups in total. The van der Waals surface area contributed by atoms with E-state index in [1.807, 2.05) is 25.1 Å². The minimum Gasteiger partial charge on any atom is -0.480 e.